The molecular formula is C25H32N2O. The quantitative estimate of drug-likeness (QED) is 0.266. The lowest BCUT2D eigenvalue weighted by atomic mass is 10.0. The Morgan fingerprint density at radius 2 is 1.57 bits per heavy atom. The van der Waals surface area contributed by atoms with E-state index in [9.17, 15) is 0 Å². The summed E-state index contributed by atoms with van der Waals surface area (Å²) in [6.07, 6.45) is 3.54. The van der Waals surface area contributed by atoms with E-state index < -0.39 is 0 Å². The van der Waals surface area contributed by atoms with E-state index in [-0.39, 0.29) is 6.61 Å². The third kappa shape index (κ3) is 5.93. The second-order valence-electron chi connectivity index (χ2n) is 7.10. The molecule has 0 saturated heterocycles. The minimum Gasteiger partial charge on any atom is -0.396 e. The fourth-order valence-electron chi connectivity index (χ4n) is 3.16. The van der Waals surface area contributed by atoms with E-state index in [1.165, 1.54) is 0 Å². The minimum absolute atomic E-state index is 0.217. The average molecular weight is 377 g/mol. The summed E-state index contributed by atoms with van der Waals surface area (Å²) < 4.78 is 0. The summed E-state index contributed by atoms with van der Waals surface area (Å²) in [5.74, 6) is 0.863. The number of allylic oxidation sites excluding steroid dienone is 1. The average Bonchev–Trinajstić information content (AvgIpc) is 2.73. The largest absolute Gasteiger partial charge is 0.396 e. The van der Waals surface area contributed by atoms with Gasteiger partial charge < -0.3 is 10.0 Å². The Morgan fingerprint density at radius 1 is 1.00 bits per heavy atom. The summed E-state index contributed by atoms with van der Waals surface area (Å²) in [6.45, 7) is 11.5. The van der Waals surface area contributed by atoms with Crippen LogP contribution in [0.25, 0.3) is 11.3 Å². The molecule has 0 aliphatic carbocycles. The Labute approximate surface area is 169 Å². The van der Waals surface area contributed by atoms with Crippen molar-refractivity contribution in [3.05, 3.63) is 84.4 Å². The Kier molecular flexibility index (Phi) is 8.70. The van der Waals surface area contributed by atoms with Gasteiger partial charge in [0.05, 0.1) is 5.70 Å². The Hall–Kier alpha value is -2.65. The zero-order valence-electron chi connectivity index (χ0n) is 17.3. The zero-order chi connectivity index (χ0) is 20.4. The highest BCUT2D eigenvalue weighted by atomic mass is 16.2. The van der Waals surface area contributed by atoms with Crippen molar-refractivity contribution >= 4 is 17.1 Å². The zero-order valence-corrected chi connectivity index (χ0v) is 17.3. The van der Waals surface area contributed by atoms with E-state index in [2.05, 4.69) is 68.6 Å². The van der Waals surface area contributed by atoms with Crippen LogP contribution in [0.5, 0.6) is 0 Å². The highest BCUT2D eigenvalue weighted by molar-refractivity contribution is 6.00. The Morgan fingerprint density at radius 3 is 2.07 bits per heavy atom. The van der Waals surface area contributed by atoms with Gasteiger partial charge in [-0.3, -0.25) is 0 Å². The smallest absolute Gasteiger partial charge is 0.128 e. The van der Waals surface area contributed by atoms with Gasteiger partial charge in [0.2, 0.25) is 0 Å². The van der Waals surface area contributed by atoms with Crippen molar-refractivity contribution in [2.75, 3.05) is 13.2 Å². The summed E-state index contributed by atoms with van der Waals surface area (Å²) in [5, 5.41) is 9.13. The molecule has 0 spiro atoms. The van der Waals surface area contributed by atoms with Crippen LogP contribution in [0.4, 0.5) is 0 Å². The number of aliphatic imine (C=N–C) groups is 1. The number of rotatable bonds is 9. The maximum Gasteiger partial charge on any atom is 0.128 e. The van der Waals surface area contributed by atoms with Crippen LogP contribution in [0.1, 0.15) is 44.7 Å². The third-order valence-corrected chi connectivity index (χ3v) is 4.74. The molecule has 0 radical (unpaired) electrons. The molecule has 2 rings (SSSR count). The molecular weight excluding hydrogens is 344 g/mol. The van der Waals surface area contributed by atoms with Gasteiger partial charge in [-0.05, 0) is 50.8 Å². The van der Waals surface area contributed by atoms with Gasteiger partial charge >= 0.3 is 0 Å². The SMILES string of the molecule is C=C/C(=N\C(=C(/C)c1ccccc1)c1ccccc1)N(CCCCO)C(C)C. The van der Waals surface area contributed by atoms with Gasteiger partial charge in [0.15, 0.2) is 0 Å². The molecule has 2 aromatic rings. The number of hydrogen-bond donors (Lipinski definition) is 1. The summed E-state index contributed by atoms with van der Waals surface area (Å²) in [6, 6.07) is 20.9. The summed E-state index contributed by atoms with van der Waals surface area (Å²) in [4.78, 5) is 7.34. The molecule has 0 heterocycles. The molecule has 0 aromatic heterocycles. The summed E-state index contributed by atoms with van der Waals surface area (Å²) in [5.41, 5.74) is 4.33. The van der Waals surface area contributed by atoms with Crippen LogP contribution in [0.2, 0.25) is 0 Å². The van der Waals surface area contributed by atoms with Crippen molar-refractivity contribution in [1.82, 2.24) is 4.90 Å². The number of unbranched alkanes of at least 4 members (excludes halogenated alkanes) is 1. The van der Waals surface area contributed by atoms with Crippen LogP contribution in [0.15, 0.2) is 78.3 Å². The molecule has 3 heteroatoms. The van der Waals surface area contributed by atoms with E-state index in [0.717, 1.165) is 47.6 Å². The third-order valence-electron chi connectivity index (χ3n) is 4.74. The molecule has 2 aromatic carbocycles. The first-order valence-electron chi connectivity index (χ1n) is 9.98. The molecule has 0 aliphatic rings. The lowest BCUT2D eigenvalue weighted by Gasteiger charge is -2.29. The molecule has 28 heavy (non-hydrogen) atoms. The molecule has 0 saturated carbocycles. The second kappa shape index (κ2) is 11.3. The van der Waals surface area contributed by atoms with Crippen molar-refractivity contribution in [2.45, 2.75) is 39.7 Å². The summed E-state index contributed by atoms with van der Waals surface area (Å²) in [7, 11) is 0. The van der Waals surface area contributed by atoms with Gasteiger partial charge in [-0.15, -0.1) is 0 Å². The van der Waals surface area contributed by atoms with Crippen LogP contribution in [0.3, 0.4) is 0 Å². The molecule has 0 amide bonds. The molecule has 0 bridgehead atoms. The number of aliphatic hydroxyl groups excluding tert-OH is 1. The van der Waals surface area contributed by atoms with Crippen molar-refractivity contribution in [3.8, 4) is 0 Å². The Balaban J connectivity index is 2.54. The van der Waals surface area contributed by atoms with E-state index in [0.29, 0.717) is 6.04 Å². The van der Waals surface area contributed by atoms with Crippen LogP contribution >= 0.6 is 0 Å². The predicted octanol–water partition coefficient (Wildman–Crippen LogP) is 5.64. The Bertz CT molecular complexity index is 792. The number of benzene rings is 2. The van der Waals surface area contributed by atoms with Crippen LogP contribution in [0, 0.1) is 0 Å². The van der Waals surface area contributed by atoms with Crippen LogP contribution in [-0.4, -0.2) is 35.0 Å². The topological polar surface area (TPSA) is 35.8 Å². The van der Waals surface area contributed by atoms with Gasteiger partial charge in [-0.1, -0.05) is 67.2 Å². The fraction of sp³-hybridized carbons (Fsp3) is 0.320. The van der Waals surface area contributed by atoms with Crippen molar-refractivity contribution in [3.63, 3.8) is 0 Å². The monoisotopic (exact) mass is 376 g/mol. The molecule has 0 atom stereocenters. The standard InChI is InChI=1S/C25H32N2O/c1-5-24(27(20(2)3)18-12-13-19-28)26-25(23-16-10-7-11-17-23)21(4)22-14-8-6-9-15-22/h5-11,14-17,20,28H,1,12-13,18-19H2,2-4H3/b25-21+,26-24+. The highest BCUT2D eigenvalue weighted by Gasteiger charge is 2.15. The van der Waals surface area contributed by atoms with Gasteiger partial charge in [0.25, 0.3) is 0 Å². The number of aliphatic hydroxyl groups is 1. The molecule has 0 aliphatic heterocycles. The number of amidine groups is 1. The summed E-state index contributed by atoms with van der Waals surface area (Å²) >= 11 is 0. The van der Waals surface area contributed by atoms with Crippen LogP contribution < -0.4 is 0 Å². The normalized spacial score (nSPS) is 12.7. The predicted molar refractivity (Wildman–Crippen MR) is 121 cm³/mol. The number of nitrogens with zero attached hydrogens (tertiary/aromatic N) is 2. The fourth-order valence-corrected chi connectivity index (χ4v) is 3.16. The maximum atomic E-state index is 9.13. The molecule has 1 N–H and O–H groups in total. The lowest BCUT2D eigenvalue weighted by molar-refractivity contribution is 0.268. The first kappa shape index (κ1) is 21.6. The van der Waals surface area contributed by atoms with E-state index in [1.54, 1.807) is 0 Å². The van der Waals surface area contributed by atoms with Crippen molar-refractivity contribution in [2.24, 2.45) is 4.99 Å². The van der Waals surface area contributed by atoms with Gasteiger partial charge in [0.1, 0.15) is 5.84 Å². The van der Waals surface area contributed by atoms with Gasteiger partial charge in [-0.2, -0.15) is 0 Å². The van der Waals surface area contributed by atoms with Crippen molar-refractivity contribution < 1.29 is 5.11 Å². The minimum atomic E-state index is 0.217. The first-order valence-corrected chi connectivity index (χ1v) is 9.98. The van der Waals surface area contributed by atoms with Crippen molar-refractivity contribution in [1.29, 1.82) is 0 Å². The number of hydrogen-bond acceptors (Lipinski definition) is 2. The van der Waals surface area contributed by atoms with Gasteiger partial charge in [-0.25, -0.2) is 4.99 Å². The highest BCUT2D eigenvalue weighted by Crippen LogP contribution is 2.28. The lowest BCUT2D eigenvalue weighted by Crippen LogP contribution is -2.36. The van der Waals surface area contributed by atoms with Gasteiger partial charge in [0, 0.05) is 24.8 Å². The first-order chi connectivity index (χ1) is 13.6. The van der Waals surface area contributed by atoms with E-state index in [4.69, 9.17) is 10.1 Å². The van der Waals surface area contributed by atoms with E-state index >= 15 is 0 Å². The molecule has 0 unspecified atom stereocenters. The van der Waals surface area contributed by atoms with E-state index in [1.807, 2.05) is 30.3 Å². The van der Waals surface area contributed by atoms with Crippen LogP contribution in [-0.2, 0) is 0 Å². The molecule has 0 fully saturated rings. The molecule has 148 valence electrons. The second-order valence-corrected chi connectivity index (χ2v) is 7.10. The maximum absolute atomic E-state index is 9.13. The molecule has 3 nitrogen and oxygen atoms in total.